The molecule has 0 radical (unpaired) electrons. The molecule has 0 aromatic rings. The maximum Gasteiger partial charge on any atom is 0.0551 e. The van der Waals surface area contributed by atoms with Crippen LogP contribution in [-0.2, 0) is 4.74 Å². The van der Waals surface area contributed by atoms with Crippen LogP contribution in [0.25, 0.3) is 0 Å². The standard InChI is InChI=1S/C9H16N2O.C2H6/c1-7(10-3)8(2)11-4-9-5-12-6-9;1-2/h9,11H,3-6H2,1-2H3;1-2H3/b8-7-;. The second kappa shape index (κ2) is 7.56. The third-order valence-corrected chi connectivity index (χ3v) is 2.14. The van der Waals surface area contributed by atoms with Gasteiger partial charge in [-0.05, 0) is 20.6 Å². The topological polar surface area (TPSA) is 33.6 Å². The summed E-state index contributed by atoms with van der Waals surface area (Å²) in [4.78, 5) is 3.85. The first kappa shape index (κ1) is 13.2. The summed E-state index contributed by atoms with van der Waals surface area (Å²) in [6, 6.07) is 0. The molecule has 1 heterocycles. The molecule has 0 unspecified atom stereocenters. The predicted molar refractivity (Wildman–Crippen MR) is 61.6 cm³/mol. The quantitative estimate of drug-likeness (QED) is 0.703. The molecule has 1 rings (SSSR count). The number of nitrogens with one attached hydrogen (secondary N) is 1. The van der Waals surface area contributed by atoms with Crippen LogP contribution in [0.5, 0.6) is 0 Å². The van der Waals surface area contributed by atoms with Crippen molar-refractivity contribution in [1.82, 2.24) is 5.32 Å². The Morgan fingerprint density at radius 2 is 2.00 bits per heavy atom. The molecule has 0 atom stereocenters. The molecular formula is C11H22N2O. The lowest BCUT2D eigenvalue weighted by Crippen LogP contribution is -2.36. The molecule has 0 bridgehead atoms. The van der Waals surface area contributed by atoms with Gasteiger partial charge in [-0.3, -0.25) is 4.99 Å². The van der Waals surface area contributed by atoms with Crippen molar-refractivity contribution in [2.75, 3.05) is 19.8 Å². The number of hydrogen-bond acceptors (Lipinski definition) is 3. The van der Waals surface area contributed by atoms with E-state index in [2.05, 4.69) is 17.0 Å². The van der Waals surface area contributed by atoms with E-state index in [1.807, 2.05) is 27.7 Å². The lowest BCUT2D eigenvalue weighted by atomic mass is 10.1. The first-order chi connectivity index (χ1) is 6.74. The molecule has 3 nitrogen and oxygen atoms in total. The summed E-state index contributed by atoms with van der Waals surface area (Å²) in [5.74, 6) is 0.678. The molecule has 1 N–H and O–H groups in total. The predicted octanol–water partition coefficient (Wildman–Crippen LogP) is 2.20. The van der Waals surface area contributed by atoms with Crippen molar-refractivity contribution in [2.24, 2.45) is 10.9 Å². The van der Waals surface area contributed by atoms with E-state index in [0.29, 0.717) is 5.92 Å². The summed E-state index contributed by atoms with van der Waals surface area (Å²) in [5, 5.41) is 3.30. The van der Waals surface area contributed by atoms with Gasteiger partial charge in [-0.25, -0.2) is 0 Å². The third-order valence-electron chi connectivity index (χ3n) is 2.14. The van der Waals surface area contributed by atoms with Crippen LogP contribution in [0.3, 0.4) is 0 Å². The Balaban J connectivity index is 0.000000791. The van der Waals surface area contributed by atoms with Gasteiger partial charge in [0.1, 0.15) is 0 Å². The minimum atomic E-state index is 0.678. The first-order valence-corrected chi connectivity index (χ1v) is 5.20. The second-order valence-corrected chi connectivity index (χ2v) is 3.15. The van der Waals surface area contributed by atoms with E-state index >= 15 is 0 Å². The zero-order chi connectivity index (χ0) is 11.0. The van der Waals surface area contributed by atoms with Gasteiger partial charge in [0.2, 0.25) is 0 Å². The van der Waals surface area contributed by atoms with Crippen molar-refractivity contribution in [3.63, 3.8) is 0 Å². The number of aliphatic imine (C=N–C) groups is 1. The van der Waals surface area contributed by atoms with Crippen LogP contribution in [0.15, 0.2) is 16.4 Å². The molecule has 1 fully saturated rings. The van der Waals surface area contributed by atoms with Gasteiger partial charge in [-0.15, -0.1) is 0 Å². The van der Waals surface area contributed by atoms with Gasteiger partial charge < -0.3 is 10.1 Å². The van der Waals surface area contributed by atoms with Gasteiger partial charge in [0.15, 0.2) is 0 Å². The highest BCUT2D eigenvalue weighted by atomic mass is 16.5. The average Bonchev–Trinajstić information content (AvgIpc) is 2.17. The van der Waals surface area contributed by atoms with Crippen molar-refractivity contribution < 1.29 is 4.74 Å². The average molecular weight is 198 g/mol. The summed E-state index contributed by atoms with van der Waals surface area (Å²) in [5.41, 5.74) is 2.08. The summed E-state index contributed by atoms with van der Waals surface area (Å²) in [7, 11) is 0. The minimum absolute atomic E-state index is 0.678. The molecular weight excluding hydrogens is 176 g/mol. The van der Waals surface area contributed by atoms with Gasteiger partial charge in [0.25, 0.3) is 0 Å². The van der Waals surface area contributed by atoms with Crippen molar-refractivity contribution in [3.05, 3.63) is 11.4 Å². The van der Waals surface area contributed by atoms with E-state index in [-0.39, 0.29) is 0 Å². The van der Waals surface area contributed by atoms with Gasteiger partial charge in [0.05, 0.1) is 18.9 Å². The first-order valence-electron chi connectivity index (χ1n) is 5.20. The van der Waals surface area contributed by atoms with Crippen LogP contribution < -0.4 is 5.32 Å². The molecule has 1 aliphatic heterocycles. The third kappa shape index (κ3) is 4.42. The van der Waals surface area contributed by atoms with Crippen molar-refractivity contribution in [2.45, 2.75) is 27.7 Å². The lowest BCUT2D eigenvalue weighted by Gasteiger charge is -2.26. The van der Waals surface area contributed by atoms with Crippen LogP contribution in [0.1, 0.15) is 27.7 Å². The van der Waals surface area contributed by atoms with Crippen LogP contribution in [-0.4, -0.2) is 26.5 Å². The van der Waals surface area contributed by atoms with E-state index in [4.69, 9.17) is 4.74 Å². The van der Waals surface area contributed by atoms with E-state index in [1.165, 1.54) is 0 Å². The van der Waals surface area contributed by atoms with Crippen molar-refractivity contribution in [3.8, 4) is 0 Å². The molecule has 0 aromatic heterocycles. The highest BCUT2D eigenvalue weighted by Gasteiger charge is 2.17. The van der Waals surface area contributed by atoms with Gasteiger partial charge in [-0.2, -0.15) is 0 Å². The van der Waals surface area contributed by atoms with Crippen molar-refractivity contribution in [1.29, 1.82) is 0 Å². The number of rotatable bonds is 4. The van der Waals surface area contributed by atoms with E-state index in [0.717, 1.165) is 31.2 Å². The fraction of sp³-hybridized carbons (Fsp3) is 0.727. The molecule has 0 aromatic carbocycles. The highest BCUT2D eigenvalue weighted by molar-refractivity contribution is 5.29. The Labute approximate surface area is 87.3 Å². The lowest BCUT2D eigenvalue weighted by molar-refractivity contribution is -0.0296. The molecule has 82 valence electrons. The summed E-state index contributed by atoms with van der Waals surface area (Å²) in [6.45, 7) is 14.2. The zero-order valence-corrected chi connectivity index (χ0v) is 9.76. The van der Waals surface area contributed by atoms with Crippen LogP contribution >= 0.6 is 0 Å². The molecule has 0 aliphatic carbocycles. The molecule has 1 saturated heterocycles. The normalized spacial score (nSPS) is 17.1. The Morgan fingerprint density at radius 3 is 2.36 bits per heavy atom. The van der Waals surface area contributed by atoms with Crippen LogP contribution in [0.4, 0.5) is 0 Å². The van der Waals surface area contributed by atoms with Crippen LogP contribution in [0, 0.1) is 5.92 Å². The Kier molecular flexibility index (Phi) is 7.11. The van der Waals surface area contributed by atoms with E-state index in [1.54, 1.807) is 0 Å². The van der Waals surface area contributed by atoms with Gasteiger partial charge in [-0.1, -0.05) is 13.8 Å². The molecule has 1 aliphatic rings. The number of ether oxygens (including phenoxy) is 1. The largest absolute Gasteiger partial charge is 0.387 e. The highest BCUT2D eigenvalue weighted by Crippen LogP contribution is 2.09. The second-order valence-electron chi connectivity index (χ2n) is 3.15. The Bertz CT molecular complexity index is 195. The fourth-order valence-electron chi connectivity index (χ4n) is 0.946. The zero-order valence-electron chi connectivity index (χ0n) is 9.76. The Morgan fingerprint density at radius 1 is 1.43 bits per heavy atom. The van der Waals surface area contributed by atoms with Gasteiger partial charge >= 0.3 is 0 Å². The maximum atomic E-state index is 5.06. The van der Waals surface area contributed by atoms with E-state index < -0.39 is 0 Å². The summed E-state index contributed by atoms with van der Waals surface area (Å²) < 4.78 is 5.06. The molecule has 0 amide bonds. The number of allylic oxidation sites excluding steroid dienone is 2. The SMILES string of the molecule is C=N/C(C)=C(/C)NCC1COC1.CC. The minimum Gasteiger partial charge on any atom is -0.387 e. The molecule has 0 saturated carbocycles. The fourth-order valence-corrected chi connectivity index (χ4v) is 0.946. The van der Waals surface area contributed by atoms with Gasteiger partial charge in [0, 0.05) is 18.2 Å². The molecule has 3 heteroatoms. The molecule has 0 spiro atoms. The number of hydrogen-bond donors (Lipinski definition) is 1. The summed E-state index contributed by atoms with van der Waals surface area (Å²) >= 11 is 0. The smallest absolute Gasteiger partial charge is 0.0551 e. The van der Waals surface area contributed by atoms with Crippen LogP contribution in [0.2, 0.25) is 0 Å². The molecule has 14 heavy (non-hydrogen) atoms. The Hall–Kier alpha value is -0.830. The summed E-state index contributed by atoms with van der Waals surface area (Å²) in [6.07, 6.45) is 0. The van der Waals surface area contributed by atoms with E-state index in [9.17, 15) is 0 Å². The number of nitrogens with zero attached hydrogens (tertiary/aromatic N) is 1. The van der Waals surface area contributed by atoms with Crippen molar-refractivity contribution >= 4 is 6.72 Å². The monoisotopic (exact) mass is 198 g/mol. The maximum absolute atomic E-state index is 5.06.